The number of amides is 2. The van der Waals surface area contributed by atoms with Crippen molar-refractivity contribution in [2.45, 2.75) is 77.8 Å². The highest BCUT2D eigenvalue weighted by Gasteiger charge is 2.44. The molecular formula is C18H29N3O2. The molecule has 0 spiro atoms. The molecule has 1 saturated carbocycles. The number of nitriles is 1. The van der Waals surface area contributed by atoms with Gasteiger partial charge in [-0.15, -0.1) is 0 Å². The molecule has 0 aromatic carbocycles. The molecule has 2 fully saturated rings. The van der Waals surface area contributed by atoms with Crippen molar-refractivity contribution in [3.05, 3.63) is 0 Å². The van der Waals surface area contributed by atoms with E-state index in [2.05, 4.69) is 30.6 Å². The number of nitrogens with one attached hydrogen (secondary N) is 2. The lowest BCUT2D eigenvalue weighted by atomic mass is 9.83. The second kappa shape index (κ2) is 6.51. The maximum absolute atomic E-state index is 12.1. The normalized spacial score (nSPS) is 29.1. The standard InChI is InChI=1S/C18H29N3O2/c1-17(2)10-13(17)5-6-15(22)20-14(11-19)9-12-7-8-18(3,4)21-16(12)23/h12-14H,5-10H2,1-4H3,(H,20,22)(H,21,23)/t12-,13?,14-/m0/s1. The number of carbonyl (C=O) groups excluding carboxylic acids is 2. The summed E-state index contributed by atoms with van der Waals surface area (Å²) in [6.07, 6.45) is 4.60. The first-order valence-corrected chi connectivity index (χ1v) is 8.64. The molecule has 0 aromatic heterocycles. The van der Waals surface area contributed by atoms with E-state index in [1.54, 1.807) is 0 Å². The summed E-state index contributed by atoms with van der Waals surface area (Å²) in [7, 11) is 0. The van der Waals surface area contributed by atoms with Crippen LogP contribution in [0.2, 0.25) is 0 Å². The molecule has 1 unspecified atom stereocenters. The van der Waals surface area contributed by atoms with Gasteiger partial charge in [-0.2, -0.15) is 5.26 Å². The van der Waals surface area contributed by atoms with Gasteiger partial charge in [0.25, 0.3) is 0 Å². The summed E-state index contributed by atoms with van der Waals surface area (Å²) < 4.78 is 0. The Balaban J connectivity index is 1.76. The molecular weight excluding hydrogens is 290 g/mol. The molecule has 0 bridgehead atoms. The molecule has 0 aromatic rings. The molecule has 5 heteroatoms. The third-order valence-corrected chi connectivity index (χ3v) is 5.40. The fourth-order valence-electron chi connectivity index (χ4n) is 3.46. The molecule has 0 radical (unpaired) electrons. The first-order chi connectivity index (χ1) is 10.6. The van der Waals surface area contributed by atoms with Crippen LogP contribution in [-0.4, -0.2) is 23.4 Å². The van der Waals surface area contributed by atoms with E-state index in [-0.39, 0.29) is 23.3 Å². The minimum Gasteiger partial charge on any atom is -0.351 e. The van der Waals surface area contributed by atoms with E-state index < -0.39 is 6.04 Å². The van der Waals surface area contributed by atoms with Gasteiger partial charge >= 0.3 is 0 Å². The summed E-state index contributed by atoms with van der Waals surface area (Å²) in [5.41, 5.74) is 0.206. The highest BCUT2D eigenvalue weighted by Crippen LogP contribution is 2.54. The van der Waals surface area contributed by atoms with Crippen molar-refractivity contribution in [2.24, 2.45) is 17.3 Å². The van der Waals surface area contributed by atoms with E-state index in [4.69, 9.17) is 0 Å². The lowest BCUT2D eigenvalue weighted by molar-refractivity contribution is -0.130. The maximum atomic E-state index is 12.1. The van der Waals surface area contributed by atoms with Crippen LogP contribution in [0, 0.1) is 28.6 Å². The summed E-state index contributed by atoms with van der Waals surface area (Å²) >= 11 is 0. The van der Waals surface area contributed by atoms with E-state index in [1.165, 1.54) is 6.42 Å². The fraction of sp³-hybridized carbons (Fsp3) is 0.833. The third-order valence-electron chi connectivity index (χ3n) is 5.40. The molecule has 2 amide bonds. The van der Waals surface area contributed by atoms with Crippen LogP contribution in [0.1, 0.15) is 66.2 Å². The number of nitrogens with zero attached hydrogens (tertiary/aromatic N) is 1. The van der Waals surface area contributed by atoms with Crippen molar-refractivity contribution >= 4 is 11.8 Å². The van der Waals surface area contributed by atoms with Crippen molar-refractivity contribution in [2.75, 3.05) is 0 Å². The summed E-state index contributed by atoms with van der Waals surface area (Å²) in [5.74, 6) is 0.363. The molecule has 2 N–H and O–H groups in total. The molecule has 128 valence electrons. The van der Waals surface area contributed by atoms with E-state index >= 15 is 0 Å². The molecule has 1 aliphatic carbocycles. The molecule has 2 rings (SSSR count). The van der Waals surface area contributed by atoms with Crippen LogP contribution >= 0.6 is 0 Å². The van der Waals surface area contributed by atoms with Gasteiger partial charge in [-0.1, -0.05) is 13.8 Å². The van der Waals surface area contributed by atoms with Gasteiger partial charge in [-0.05, 0) is 57.3 Å². The molecule has 3 atom stereocenters. The summed E-state index contributed by atoms with van der Waals surface area (Å²) in [4.78, 5) is 24.1. The lowest BCUT2D eigenvalue weighted by Gasteiger charge is -2.35. The van der Waals surface area contributed by atoms with Gasteiger partial charge in [-0.25, -0.2) is 0 Å². The average molecular weight is 319 g/mol. The Morgan fingerprint density at radius 1 is 1.43 bits per heavy atom. The Morgan fingerprint density at radius 2 is 2.09 bits per heavy atom. The van der Waals surface area contributed by atoms with Gasteiger partial charge in [0.05, 0.1) is 6.07 Å². The molecule has 5 nitrogen and oxygen atoms in total. The number of rotatable bonds is 6. The van der Waals surface area contributed by atoms with Crippen LogP contribution in [0.15, 0.2) is 0 Å². The molecule has 1 aliphatic heterocycles. The van der Waals surface area contributed by atoms with E-state index in [0.29, 0.717) is 24.2 Å². The lowest BCUT2D eigenvalue weighted by Crippen LogP contribution is -2.51. The van der Waals surface area contributed by atoms with Gasteiger partial charge in [0.2, 0.25) is 11.8 Å². The highest BCUT2D eigenvalue weighted by molar-refractivity contribution is 5.81. The SMILES string of the molecule is CC1(C)CC[C@@H](C[C@@H](C#N)NC(=O)CCC2CC2(C)C)C(=O)N1. The van der Waals surface area contributed by atoms with Gasteiger partial charge < -0.3 is 10.6 Å². The Labute approximate surface area is 139 Å². The van der Waals surface area contributed by atoms with Crippen LogP contribution in [0.25, 0.3) is 0 Å². The van der Waals surface area contributed by atoms with Crippen molar-refractivity contribution in [1.29, 1.82) is 5.26 Å². The summed E-state index contributed by atoms with van der Waals surface area (Å²) in [6.45, 7) is 8.45. The Kier molecular flexibility index (Phi) is 5.03. The topological polar surface area (TPSA) is 82.0 Å². The van der Waals surface area contributed by atoms with Crippen LogP contribution in [-0.2, 0) is 9.59 Å². The van der Waals surface area contributed by atoms with Gasteiger partial charge in [0.15, 0.2) is 0 Å². The van der Waals surface area contributed by atoms with Crippen molar-refractivity contribution in [3.63, 3.8) is 0 Å². The minimum atomic E-state index is -0.577. The van der Waals surface area contributed by atoms with Crippen molar-refractivity contribution in [3.8, 4) is 6.07 Å². The van der Waals surface area contributed by atoms with Crippen molar-refractivity contribution < 1.29 is 9.59 Å². The smallest absolute Gasteiger partial charge is 0.223 e. The zero-order valence-corrected chi connectivity index (χ0v) is 14.7. The molecule has 1 heterocycles. The number of carbonyl (C=O) groups is 2. The quantitative estimate of drug-likeness (QED) is 0.789. The largest absolute Gasteiger partial charge is 0.351 e. The van der Waals surface area contributed by atoms with Gasteiger partial charge in [0, 0.05) is 17.9 Å². The van der Waals surface area contributed by atoms with Crippen LogP contribution in [0.3, 0.4) is 0 Å². The van der Waals surface area contributed by atoms with Crippen molar-refractivity contribution in [1.82, 2.24) is 10.6 Å². The van der Waals surface area contributed by atoms with Crippen LogP contribution < -0.4 is 10.6 Å². The molecule has 1 saturated heterocycles. The third kappa shape index (κ3) is 4.95. The van der Waals surface area contributed by atoms with Gasteiger partial charge in [-0.3, -0.25) is 9.59 Å². The first kappa shape index (κ1) is 17.8. The van der Waals surface area contributed by atoms with Crippen LogP contribution in [0.5, 0.6) is 0 Å². The Bertz CT molecular complexity index is 519. The number of hydrogen-bond donors (Lipinski definition) is 2. The molecule has 23 heavy (non-hydrogen) atoms. The Hall–Kier alpha value is -1.57. The highest BCUT2D eigenvalue weighted by atomic mass is 16.2. The second-order valence-corrected chi connectivity index (χ2v) is 8.52. The zero-order valence-electron chi connectivity index (χ0n) is 14.7. The second-order valence-electron chi connectivity index (χ2n) is 8.52. The Morgan fingerprint density at radius 3 is 2.61 bits per heavy atom. The van der Waals surface area contributed by atoms with E-state index in [0.717, 1.165) is 19.3 Å². The monoisotopic (exact) mass is 319 g/mol. The fourth-order valence-corrected chi connectivity index (χ4v) is 3.46. The number of hydrogen-bond acceptors (Lipinski definition) is 3. The summed E-state index contributed by atoms with van der Waals surface area (Å²) in [6, 6.07) is 1.55. The zero-order chi connectivity index (χ0) is 17.3. The maximum Gasteiger partial charge on any atom is 0.223 e. The van der Waals surface area contributed by atoms with Gasteiger partial charge in [0.1, 0.15) is 6.04 Å². The first-order valence-electron chi connectivity index (χ1n) is 8.64. The average Bonchev–Trinajstić information content (AvgIpc) is 3.05. The van der Waals surface area contributed by atoms with Crippen LogP contribution in [0.4, 0.5) is 0 Å². The van der Waals surface area contributed by atoms with E-state index in [9.17, 15) is 14.9 Å². The molecule has 2 aliphatic rings. The van der Waals surface area contributed by atoms with E-state index in [1.807, 2.05) is 13.8 Å². The predicted octanol–water partition coefficient (Wildman–Crippen LogP) is 2.52. The summed E-state index contributed by atoms with van der Waals surface area (Å²) in [5, 5.41) is 15.0. The minimum absolute atomic E-state index is 0.00419. The predicted molar refractivity (Wildman–Crippen MR) is 88.2 cm³/mol. The number of piperidine rings is 1.